The number of nitrogens with two attached hydrogens (primary N) is 3. The second kappa shape index (κ2) is 28.0. The highest BCUT2D eigenvalue weighted by Gasteiger charge is 2.33. The van der Waals surface area contributed by atoms with E-state index in [9.17, 15) is 19.2 Å². The number of hydrogen-bond donors (Lipinski definition) is 3. The van der Waals surface area contributed by atoms with E-state index in [2.05, 4.69) is 33.7 Å². The van der Waals surface area contributed by atoms with Gasteiger partial charge in [-0.25, -0.2) is 19.8 Å². The monoisotopic (exact) mass is 767 g/mol. The van der Waals surface area contributed by atoms with Crippen LogP contribution >= 0.6 is 0 Å². The van der Waals surface area contributed by atoms with Crippen molar-refractivity contribution in [1.29, 1.82) is 5.26 Å². The lowest BCUT2D eigenvalue weighted by Crippen LogP contribution is -2.28. The third kappa shape index (κ3) is 17.1. The number of aldehydes is 1. The molecule has 2 aromatic carbocycles. The van der Waals surface area contributed by atoms with Crippen LogP contribution in [0.1, 0.15) is 105 Å². The van der Waals surface area contributed by atoms with Gasteiger partial charge in [0.15, 0.2) is 5.82 Å². The number of allylic oxidation sites excluding steroid dienone is 1. The van der Waals surface area contributed by atoms with Gasteiger partial charge in [-0.05, 0) is 75.2 Å². The summed E-state index contributed by atoms with van der Waals surface area (Å²) in [4.78, 5) is 61.1. The number of anilines is 1. The van der Waals surface area contributed by atoms with Gasteiger partial charge in [0.25, 0.3) is 11.7 Å². The van der Waals surface area contributed by atoms with Crippen molar-refractivity contribution in [3.05, 3.63) is 88.3 Å². The number of amides is 2. The van der Waals surface area contributed by atoms with Gasteiger partial charge in [0.1, 0.15) is 41.1 Å². The molecule has 6 N–H and O–H groups in total. The number of nitriles is 1. The number of benzene rings is 2. The first-order valence-corrected chi connectivity index (χ1v) is 18.5. The van der Waals surface area contributed by atoms with Gasteiger partial charge in [-0.2, -0.15) is 5.26 Å². The summed E-state index contributed by atoms with van der Waals surface area (Å²) in [6.07, 6.45) is 11.3. The van der Waals surface area contributed by atoms with Crippen molar-refractivity contribution < 1.29 is 28.7 Å². The molecule has 0 atom stereocenters. The summed E-state index contributed by atoms with van der Waals surface area (Å²) in [6.45, 7) is 16.9. The Labute approximate surface area is 329 Å². The van der Waals surface area contributed by atoms with E-state index in [0.717, 1.165) is 55.5 Å². The molecular formula is C41H53N9O6. The number of nitrogens with zero attached hydrogens (tertiary/aromatic N) is 6. The van der Waals surface area contributed by atoms with Crippen LogP contribution in [-0.4, -0.2) is 60.5 Å². The fourth-order valence-electron chi connectivity index (χ4n) is 4.94. The number of aliphatic imine (C=N–C) groups is 1. The van der Waals surface area contributed by atoms with Gasteiger partial charge in [-0.15, -0.1) is 0 Å². The zero-order valence-corrected chi connectivity index (χ0v) is 32.8. The molecule has 298 valence electrons. The predicted molar refractivity (Wildman–Crippen MR) is 215 cm³/mol. The molecule has 2 amide bonds. The van der Waals surface area contributed by atoms with Crippen molar-refractivity contribution >= 4 is 30.0 Å². The minimum Gasteiger partial charge on any atom is -0.494 e. The molecule has 1 aliphatic rings. The number of carbonyl (C=O) groups excluding carboxylic acids is 4. The molecule has 15 nitrogen and oxygen atoms in total. The van der Waals surface area contributed by atoms with Crippen LogP contribution in [-0.2, 0) is 16.0 Å². The summed E-state index contributed by atoms with van der Waals surface area (Å²) in [5.41, 5.74) is 17.2. The molecule has 0 radical (unpaired) electrons. The maximum absolute atomic E-state index is 12.5. The number of isocyanates is 1. The quantitative estimate of drug-likeness (QED) is 0.0338. The first-order chi connectivity index (χ1) is 27.0. The number of unbranched alkanes of at least 4 members (excludes halogenated alkanes) is 6. The van der Waals surface area contributed by atoms with Gasteiger partial charge in [0.2, 0.25) is 12.0 Å². The van der Waals surface area contributed by atoms with E-state index in [0.29, 0.717) is 49.1 Å². The zero-order chi connectivity index (χ0) is 41.7. The van der Waals surface area contributed by atoms with E-state index in [1.807, 2.05) is 38.1 Å². The van der Waals surface area contributed by atoms with Crippen LogP contribution in [0.3, 0.4) is 0 Å². The summed E-state index contributed by atoms with van der Waals surface area (Å²) >= 11 is 0. The van der Waals surface area contributed by atoms with Gasteiger partial charge in [0.05, 0.1) is 26.2 Å². The number of hydrogen-bond acceptors (Lipinski definition) is 12. The number of carbonyl (C=O) groups is 3. The lowest BCUT2D eigenvalue weighted by Gasteiger charge is -2.17. The molecule has 0 saturated heterocycles. The Morgan fingerprint density at radius 3 is 1.95 bits per heavy atom. The van der Waals surface area contributed by atoms with E-state index in [-0.39, 0.29) is 29.5 Å². The number of fused-ring (bicyclic) bond motifs is 1. The average Bonchev–Trinajstić information content (AvgIpc) is 3.54. The zero-order valence-electron chi connectivity index (χ0n) is 32.8. The van der Waals surface area contributed by atoms with Crippen LogP contribution in [0.25, 0.3) is 16.2 Å². The molecule has 0 bridgehead atoms. The second-order valence-electron chi connectivity index (χ2n) is 12.0. The standard InChI is InChI=1S/C21H26N4O3.C9H10O2.C7H13NO.C4H4N4/c1-3-5-6-7-12-25-17(26)13-16-18(19(22)27)23-20(24-21(16)25)14-8-10-15(11-9-14)28-4-2;1-2-11-9-5-3-8(7-10)4-6-9;1-2-3-4-5-6-8-7-9;1-8-4(7)3(6)2-5/h8-11H,3-7,12-13H2,1-2H3,(H2,22,27);3-7H,2H2,1H3;2-6H2,1H3;6-7H2/b;;;4-3+. The van der Waals surface area contributed by atoms with Gasteiger partial charge in [0, 0.05) is 23.2 Å². The molecule has 0 spiro atoms. The van der Waals surface area contributed by atoms with Gasteiger partial charge < -0.3 is 31.5 Å². The molecule has 0 unspecified atom stereocenters. The summed E-state index contributed by atoms with van der Waals surface area (Å²) < 4.78 is 10.6. The van der Waals surface area contributed by atoms with Gasteiger partial charge in [-0.3, -0.25) is 19.3 Å². The molecule has 1 aromatic heterocycles. The highest BCUT2D eigenvalue weighted by Crippen LogP contribution is 2.32. The highest BCUT2D eigenvalue weighted by molar-refractivity contribution is 6.05. The van der Waals surface area contributed by atoms with Crippen LogP contribution < -0.4 is 31.6 Å². The summed E-state index contributed by atoms with van der Waals surface area (Å²) in [6, 6.07) is 15.9. The number of aromatic nitrogens is 2. The Morgan fingerprint density at radius 2 is 1.48 bits per heavy atom. The lowest BCUT2D eigenvalue weighted by atomic mass is 10.1. The van der Waals surface area contributed by atoms with E-state index in [4.69, 9.17) is 38.5 Å². The third-order valence-corrected chi connectivity index (χ3v) is 7.79. The van der Waals surface area contributed by atoms with Crippen molar-refractivity contribution in [2.24, 2.45) is 22.2 Å². The Kier molecular flexibility index (Phi) is 23.7. The third-order valence-electron chi connectivity index (χ3n) is 7.79. The van der Waals surface area contributed by atoms with Crippen molar-refractivity contribution in [3.8, 4) is 29.0 Å². The summed E-state index contributed by atoms with van der Waals surface area (Å²) in [5.74, 6) is 1.48. The fraction of sp³-hybridized carbons (Fsp3) is 0.415. The average molecular weight is 768 g/mol. The molecule has 1 aliphatic heterocycles. The molecular weight excluding hydrogens is 715 g/mol. The van der Waals surface area contributed by atoms with Crippen molar-refractivity contribution in [2.45, 2.75) is 85.5 Å². The first kappa shape index (κ1) is 47.5. The van der Waals surface area contributed by atoms with Crippen LogP contribution in [0, 0.1) is 17.9 Å². The number of rotatable bonds is 17. The minimum atomic E-state index is -0.647. The van der Waals surface area contributed by atoms with E-state index < -0.39 is 5.91 Å². The SMILES string of the molecule is CCCCCCN1C(=O)Cc2c(C(N)=O)nc(-c3ccc(OCC)cc3)nc21.CCCCCCN=C=O.CCOc1ccc(C=O)cc1.[C-]#[N+]/C(N)=C(/N)C#N. The number of primary amides is 1. The maximum atomic E-state index is 12.5. The van der Waals surface area contributed by atoms with Crippen LogP contribution in [0.2, 0.25) is 0 Å². The van der Waals surface area contributed by atoms with Crippen molar-refractivity contribution in [1.82, 2.24) is 9.97 Å². The maximum Gasteiger partial charge on any atom is 0.267 e. The Morgan fingerprint density at radius 1 is 0.911 bits per heavy atom. The summed E-state index contributed by atoms with van der Waals surface area (Å²) in [5, 5.41) is 7.98. The molecule has 56 heavy (non-hydrogen) atoms. The van der Waals surface area contributed by atoms with E-state index in [1.54, 1.807) is 29.2 Å². The molecule has 4 rings (SSSR count). The second-order valence-corrected chi connectivity index (χ2v) is 12.0. The van der Waals surface area contributed by atoms with Crippen LogP contribution in [0.15, 0.2) is 65.0 Å². The van der Waals surface area contributed by atoms with Crippen LogP contribution in [0.4, 0.5) is 5.82 Å². The Hall–Kier alpha value is -6.57. The molecule has 3 aromatic rings. The molecule has 0 saturated carbocycles. The predicted octanol–water partition coefficient (Wildman–Crippen LogP) is 6.43. The summed E-state index contributed by atoms with van der Waals surface area (Å²) in [7, 11) is 0. The minimum absolute atomic E-state index is 0.0628. The number of ether oxygens (including phenoxy) is 2. The smallest absolute Gasteiger partial charge is 0.267 e. The highest BCUT2D eigenvalue weighted by atomic mass is 16.5. The Bertz CT molecular complexity index is 1820. The van der Waals surface area contributed by atoms with E-state index in [1.165, 1.54) is 31.4 Å². The topological polar surface area (TPSA) is 234 Å². The molecule has 2 heterocycles. The Balaban J connectivity index is 0.000000457. The fourth-order valence-corrected chi connectivity index (χ4v) is 4.94. The van der Waals surface area contributed by atoms with Gasteiger partial charge in [-0.1, -0.05) is 58.9 Å². The first-order valence-electron chi connectivity index (χ1n) is 18.5. The van der Waals surface area contributed by atoms with Crippen LogP contribution in [0.5, 0.6) is 11.5 Å². The van der Waals surface area contributed by atoms with Crippen molar-refractivity contribution in [3.63, 3.8) is 0 Å². The lowest BCUT2D eigenvalue weighted by molar-refractivity contribution is -0.117. The molecule has 0 fully saturated rings. The van der Waals surface area contributed by atoms with E-state index >= 15 is 0 Å². The molecule has 15 heteroatoms. The van der Waals surface area contributed by atoms with Gasteiger partial charge >= 0.3 is 0 Å². The normalized spacial score (nSPS) is 11.2. The van der Waals surface area contributed by atoms with Crippen molar-refractivity contribution in [2.75, 3.05) is 31.2 Å². The molecule has 0 aliphatic carbocycles. The largest absolute Gasteiger partial charge is 0.494 e.